The summed E-state index contributed by atoms with van der Waals surface area (Å²) < 4.78 is 7.19. The Balaban J connectivity index is 2.01. The van der Waals surface area contributed by atoms with Crippen LogP contribution in [0.5, 0.6) is 11.5 Å². The molecule has 0 aliphatic rings. The number of phenolic OH excluding ortho intramolecular Hbond substituents is 1. The molecule has 0 fully saturated rings. The first-order valence-corrected chi connectivity index (χ1v) is 9.19. The average Bonchev–Trinajstić information content (AvgIpc) is 2.56. The summed E-state index contributed by atoms with van der Waals surface area (Å²) in [5.74, 6) is 0.600. The number of rotatable bonds is 6. The minimum atomic E-state index is -0.494. The molecule has 2 N–H and O–H groups in total. The molecule has 0 saturated heterocycles. The maximum absolute atomic E-state index is 12.0. The summed E-state index contributed by atoms with van der Waals surface area (Å²) in [6.07, 6.45) is 1.52. The number of hydrogen-bond acceptors (Lipinski definition) is 4. The smallest absolute Gasteiger partial charge is 0.275 e. The normalized spacial score (nSPS) is 11.1. The van der Waals surface area contributed by atoms with Crippen LogP contribution in [0.3, 0.4) is 0 Å². The molecule has 0 radical (unpaired) electrons. The highest BCUT2D eigenvalue weighted by atomic mass is 79.9. The lowest BCUT2D eigenvalue weighted by Crippen LogP contribution is -2.17. The molecule has 2 aromatic carbocycles. The highest BCUT2D eigenvalue weighted by Gasteiger charge is 2.10. The maximum atomic E-state index is 12.0. The first-order chi connectivity index (χ1) is 11.9. The van der Waals surface area contributed by atoms with Gasteiger partial charge in [-0.05, 0) is 63.8 Å². The van der Waals surface area contributed by atoms with Gasteiger partial charge in [0.05, 0.1) is 22.9 Å². The second kappa shape index (κ2) is 9.01. The number of phenols is 1. The minimum absolute atomic E-state index is 0.106. The van der Waals surface area contributed by atoms with Gasteiger partial charge < -0.3 is 9.84 Å². The van der Waals surface area contributed by atoms with Crippen molar-refractivity contribution in [3.05, 3.63) is 56.5 Å². The Labute approximate surface area is 163 Å². The number of nitrogens with one attached hydrogen (secondary N) is 1. The monoisotopic (exact) mass is 468 g/mol. The predicted molar refractivity (Wildman–Crippen MR) is 105 cm³/mol. The van der Waals surface area contributed by atoms with E-state index in [1.165, 1.54) is 18.3 Å². The van der Waals surface area contributed by atoms with Crippen LogP contribution < -0.4 is 10.2 Å². The number of amides is 1. The Hall–Kier alpha value is -1.86. The van der Waals surface area contributed by atoms with Gasteiger partial charge in [0.15, 0.2) is 0 Å². The molecule has 0 heterocycles. The van der Waals surface area contributed by atoms with E-state index in [-0.39, 0.29) is 11.3 Å². The van der Waals surface area contributed by atoms with Crippen molar-refractivity contribution in [3.8, 4) is 11.5 Å². The molecule has 0 atom stereocenters. The van der Waals surface area contributed by atoms with Gasteiger partial charge in [-0.15, -0.1) is 0 Å². The van der Waals surface area contributed by atoms with Crippen LogP contribution in [-0.2, 0) is 0 Å². The summed E-state index contributed by atoms with van der Waals surface area (Å²) in [7, 11) is 0. The van der Waals surface area contributed by atoms with Gasteiger partial charge in [-0.3, -0.25) is 4.79 Å². The molecule has 25 heavy (non-hydrogen) atoms. The number of nitrogens with zero attached hydrogens (tertiary/aromatic N) is 1. The second-order valence-corrected chi connectivity index (χ2v) is 7.53. The number of carbonyl (C=O) groups excluding carboxylic acids is 1. The minimum Gasteiger partial charge on any atom is -0.507 e. The molecular weight excluding hydrogens is 452 g/mol. The number of aromatic hydroxyl groups is 1. The Morgan fingerprint density at radius 2 is 2.04 bits per heavy atom. The summed E-state index contributed by atoms with van der Waals surface area (Å²) in [6, 6.07) is 10.1. The van der Waals surface area contributed by atoms with Gasteiger partial charge >= 0.3 is 0 Å². The third kappa shape index (κ3) is 5.86. The molecule has 7 heteroatoms. The lowest BCUT2D eigenvalue weighted by Gasteiger charge is -2.10. The topological polar surface area (TPSA) is 70.9 Å². The van der Waals surface area contributed by atoms with Crippen molar-refractivity contribution >= 4 is 44.0 Å². The van der Waals surface area contributed by atoms with E-state index >= 15 is 0 Å². The summed E-state index contributed by atoms with van der Waals surface area (Å²) in [5.41, 5.74) is 3.33. The fourth-order valence-electron chi connectivity index (χ4n) is 1.89. The van der Waals surface area contributed by atoms with E-state index in [0.717, 1.165) is 15.8 Å². The fourth-order valence-corrected chi connectivity index (χ4v) is 2.76. The first-order valence-electron chi connectivity index (χ1n) is 7.61. The molecule has 0 unspecified atom stereocenters. The van der Waals surface area contributed by atoms with E-state index in [4.69, 9.17) is 4.74 Å². The van der Waals surface area contributed by atoms with E-state index in [0.29, 0.717) is 17.0 Å². The molecule has 5 nitrogen and oxygen atoms in total. The van der Waals surface area contributed by atoms with Crippen LogP contribution in [0, 0.1) is 5.92 Å². The van der Waals surface area contributed by atoms with Gasteiger partial charge in [0.25, 0.3) is 5.91 Å². The first kappa shape index (κ1) is 19.5. The van der Waals surface area contributed by atoms with Crippen LogP contribution in [0.4, 0.5) is 0 Å². The molecule has 2 rings (SSSR count). The van der Waals surface area contributed by atoms with Crippen molar-refractivity contribution in [3.63, 3.8) is 0 Å². The van der Waals surface area contributed by atoms with Crippen LogP contribution in [0.25, 0.3) is 0 Å². The number of hydrogen-bond donors (Lipinski definition) is 2. The third-order valence-electron chi connectivity index (χ3n) is 3.11. The number of hydrazone groups is 1. The van der Waals surface area contributed by atoms with Gasteiger partial charge in [-0.2, -0.15) is 5.10 Å². The van der Waals surface area contributed by atoms with Crippen molar-refractivity contribution in [2.75, 3.05) is 6.61 Å². The van der Waals surface area contributed by atoms with E-state index in [1.54, 1.807) is 6.07 Å². The quantitative estimate of drug-likeness (QED) is 0.475. The summed E-state index contributed by atoms with van der Waals surface area (Å²) >= 11 is 6.72. The van der Waals surface area contributed by atoms with Crippen molar-refractivity contribution in [2.24, 2.45) is 11.0 Å². The summed E-state index contributed by atoms with van der Waals surface area (Å²) in [5, 5.41) is 13.6. The summed E-state index contributed by atoms with van der Waals surface area (Å²) in [6.45, 7) is 4.81. The van der Waals surface area contributed by atoms with Gasteiger partial charge in [-0.25, -0.2) is 5.43 Å². The highest BCUT2D eigenvalue weighted by molar-refractivity contribution is 9.10. The zero-order chi connectivity index (χ0) is 18.4. The van der Waals surface area contributed by atoms with Crippen molar-refractivity contribution in [1.29, 1.82) is 0 Å². The Morgan fingerprint density at radius 3 is 2.72 bits per heavy atom. The molecule has 0 aromatic heterocycles. The van der Waals surface area contributed by atoms with Crippen LogP contribution in [0.2, 0.25) is 0 Å². The van der Waals surface area contributed by atoms with Crippen molar-refractivity contribution in [1.82, 2.24) is 5.43 Å². The zero-order valence-corrected chi connectivity index (χ0v) is 17.0. The fraction of sp³-hybridized carbons (Fsp3) is 0.222. The number of carbonyl (C=O) groups is 1. The van der Waals surface area contributed by atoms with Crippen molar-refractivity contribution in [2.45, 2.75) is 13.8 Å². The molecule has 0 bridgehead atoms. The lowest BCUT2D eigenvalue weighted by molar-refractivity contribution is 0.0952. The molecule has 132 valence electrons. The van der Waals surface area contributed by atoms with Gasteiger partial charge in [-0.1, -0.05) is 29.8 Å². The van der Waals surface area contributed by atoms with Crippen LogP contribution >= 0.6 is 31.9 Å². The van der Waals surface area contributed by atoms with E-state index in [2.05, 4.69) is 56.2 Å². The van der Waals surface area contributed by atoms with Crippen molar-refractivity contribution < 1.29 is 14.6 Å². The molecule has 0 spiro atoms. The lowest BCUT2D eigenvalue weighted by atomic mass is 10.2. The molecule has 1 amide bonds. The molecule has 0 saturated carbocycles. The molecule has 0 aliphatic carbocycles. The predicted octanol–water partition coefficient (Wildman–Crippen LogP) is 4.72. The van der Waals surface area contributed by atoms with E-state index < -0.39 is 5.91 Å². The molecular formula is C18H18Br2N2O3. The number of ether oxygens (including phenoxy) is 1. The van der Waals surface area contributed by atoms with Gasteiger partial charge in [0.2, 0.25) is 0 Å². The highest BCUT2D eigenvalue weighted by Crippen LogP contribution is 2.26. The standard InChI is InChI=1S/C18H18Br2N2O3/c1-11(2)10-25-17-6-3-12(7-15(17)20)9-21-22-18(24)14-8-13(19)4-5-16(14)23/h3-9,11,23H,10H2,1-2H3,(H,22,24)/b21-9+. The van der Waals surface area contributed by atoms with Gasteiger partial charge in [0.1, 0.15) is 11.5 Å². The zero-order valence-electron chi connectivity index (χ0n) is 13.8. The van der Waals surface area contributed by atoms with Crippen LogP contribution in [0.15, 0.2) is 50.4 Å². The summed E-state index contributed by atoms with van der Waals surface area (Å²) in [4.78, 5) is 12.0. The Bertz CT molecular complexity index is 792. The third-order valence-corrected chi connectivity index (χ3v) is 4.22. The number of halogens is 2. The molecule has 2 aromatic rings. The van der Waals surface area contributed by atoms with Gasteiger partial charge in [0, 0.05) is 4.47 Å². The Kier molecular flexibility index (Phi) is 7.01. The van der Waals surface area contributed by atoms with Crippen LogP contribution in [0.1, 0.15) is 29.8 Å². The average molecular weight is 470 g/mol. The van der Waals surface area contributed by atoms with E-state index in [1.807, 2.05) is 18.2 Å². The molecule has 0 aliphatic heterocycles. The maximum Gasteiger partial charge on any atom is 0.275 e. The number of benzene rings is 2. The SMILES string of the molecule is CC(C)COc1ccc(/C=N/NC(=O)c2cc(Br)ccc2O)cc1Br. The largest absolute Gasteiger partial charge is 0.507 e. The van der Waals surface area contributed by atoms with Crippen LogP contribution in [-0.4, -0.2) is 23.8 Å². The second-order valence-electron chi connectivity index (χ2n) is 5.76. The van der Waals surface area contributed by atoms with E-state index in [9.17, 15) is 9.90 Å². The Morgan fingerprint density at radius 1 is 1.28 bits per heavy atom.